The molecular formula is C20H14FN3O3. The molecule has 27 heavy (non-hydrogen) atoms. The highest BCUT2D eigenvalue weighted by Gasteiger charge is 2.17. The van der Waals surface area contributed by atoms with Gasteiger partial charge in [0.2, 0.25) is 0 Å². The number of H-pyrrole nitrogens is 1. The van der Waals surface area contributed by atoms with Crippen molar-refractivity contribution in [1.82, 2.24) is 10.2 Å². The molecule has 0 radical (unpaired) electrons. The molecule has 1 aliphatic rings. The van der Waals surface area contributed by atoms with Gasteiger partial charge >= 0.3 is 0 Å². The Balaban J connectivity index is 1.56. The number of aromatic amines is 1. The van der Waals surface area contributed by atoms with Crippen LogP contribution < -0.4 is 10.1 Å². The molecule has 1 amide bonds. The van der Waals surface area contributed by atoms with Gasteiger partial charge in [0.25, 0.3) is 5.91 Å². The maximum Gasteiger partial charge on any atom is 0.262 e. The second kappa shape index (κ2) is 6.87. The standard InChI is InChI=1S/C20H14FN3O3/c21-15-5-1-12(2-6-15)20-14(10-22-24-20)3-7-17(25)13-4-8-18-16(9-13)23-19(26)11-27-18/h1-10H,11H2,(H,22,24)(H,23,26). The van der Waals surface area contributed by atoms with Crippen LogP contribution in [0.25, 0.3) is 17.3 Å². The van der Waals surface area contributed by atoms with E-state index in [0.29, 0.717) is 28.3 Å². The number of carbonyl (C=O) groups excluding carboxylic acids is 2. The third-order valence-electron chi connectivity index (χ3n) is 4.11. The van der Waals surface area contributed by atoms with Crippen molar-refractivity contribution < 1.29 is 18.7 Å². The monoisotopic (exact) mass is 363 g/mol. The van der Waals surface area contributed by atoms with Crippen molar-refractivity contribution in [2.75, 3.05) is 11.9 Å². The quantitative estimate of drug-likeness (QED) is 0.549. The first-order valence-electron chi connectivity index (χ1n) is 8.18. The molecule has 0 unspecified atom stereocenters. The predicted molar refractivity (Wildman–Crippen MR) is 97.9 cm³/mol. The van der Waals surface area contributed by atoms with Crippen molar-refractivity contribution in [3.8, 4) is 17.0 Å². The summed E-state index contributed by atoms with van der Waals surface area (Å²) in [6.07, 6.45) is 4.65. The minimum atomic E-state index is -0.325. The predicted octanol–water partition coefficient (Wildman–Crippen LogP) is 3.44. The number of allylic oxidation sites excluding steroid dienone is 1. The number of carbonyl (C=O) groups is 2. The Morgan fingerprint density at radius 1 is 1.19 bits per heavy atom. The number of nitrogens with zero attached hydrogens (tertiary/aromatic N) is 1. The van der Waals surface area contributed by atoms with Crippen molar-refractivity contribution in [2.45, 2.75) is 0 Å². The third kappa shape index (κ3) is 3.48. The number of rotatable bonds is 4. The summed E-state index contributed by atoms with van der Waals surface area (Å²) < 4.78 is 18.4. The molecule has 0 bridgehead atoms. The summed E-state index contributed by atoms with van der Waals surface area (Å²) >= 11 is 0. The van der Waals surface area contributed by atoms with Gasteiger partial charge < -0.3 is 10.1 Å². The van der Waals surface area contributed by atoms with Gasteiger partial charge in [0.1, 0.15) is 11.6 Å². The topological polar surface area (TPSA) is 84.1 Å². The number of nitrogens with one attached hydrogen (secondary N) is 2. The molecular weight excluding hydrogens is 349 g/mol. The lowest BCUT2D eigenvalue weighted by Gasteiger charge is -2.17. The van der Waals surface area contributed by atoms with Gasteiger partial charge in [0, 0.05) is 16.7 Å². The number of ether oxygens (including phenoxy) is 1. The first kappa shape index (κ1) is 16.7. The number of hydrogen-bond donors (Lipinski definition) is 2. The molecule has 1 aromatic heterocycles. The first-order chi connectivity index (χ1) is 13.1. The van der Waals surface area contributed by atoms with Crippen molar-refractivity contribution in [2.24, 2.45) is 0 Å². The fourth-order valence-electron chi connectivity index (χ4n) is 2.77. The lowest BCUT2D eigenvalue weighted by molar-refractivity contribution is -0.118. The number of hydrogen-bond acceptors (Lipinski definition) is 4. The highest BCUT2D eigenvalue weighted by molar-refractivity contribution is 6.08. The number of amides is 1. The van der Waals surface area contributed by atoms with Crippen LogP contribution in [-0.2, 0) is 4.79 Å². The molecule has 2 heterocycles. The number of benzene rings is 2. The minimum Gasteiger partial charge on any atom is -0.482 e. The maximum absolute atomic E-state index is 13.1. The molecule has 3 aromatic rings. The van der Waals surface area contributed by atoms with Gasteiger partial charge in [-0.1, -0.05) is 0 Å². The Morgan fingerprint density at radius 3 is 2.81 bits per heavy atom. The number of fused-ring (bicyclic) bond motifs is 1. The Labute approximate surface area is 153 Å². The summed E-state index contributed by atoms with van der Waals surface area (Å²) in [6.45, 7) is -0.0349. The van der Waals surface area contributed by atoms with Gasteiger partial charge in [-0.25, -0.2) is 4.39 Å². The molecule has 4 rings (SSSR count). The summed E-state index contributed by atoms with van der Waals surface area (Å²) in [4.78, 5) is 23.9. The fourth-order valence-corrected chi connectivity index (χ4v) is 2.77. The van der Waals surface area contributed by atoms with Crippen LogP contribution in [0.15, 0.2) is 54.7 Å². The summed E-state index contributed by atoms with van der Waals surface area (Å²) in [7, 11) is 0. The zero-order chi connectivity index (χ0) is 18.8. The van der Waals surface area contributed by atoms with Crippen LogP contribution in [0, 0.1) is 5.82 Å². The Hall–Kier alpha value is -3.74. The highest BCUT2D eigenvalue weighted by Crippen LogP contribution is 2.29. The van der Waals surface area contributed by atoms with E-state index in [1.165, 1.54) is 18.2 Å². The summed E-state index contributed by atoms with van der Waals surface area (Å²) in [5.74, 6) is -0.286. The lowest BCUT2D eigenvalue weighted by atomic mass is 10.1. The highest BCUT2D eigenvalue weighted by atomic mass is 19.1. The van der Waals surface area contributed by atoms with Crippen LogP contribution >= 0.6 is 0 Å². The van der Waals surface area contributed by atoms with Crippen LogP contribution in [0.5, 0.6) is 5.75 Å². The smallest absolute Gasteiger partial charge is 0.262 e. The SMILES string of the molecule is O=C1COc2ccc(C(=O)C=Cc3cn[nH]c3-c3ccc(F)cc3)cc2N1. The number of halogens is 1. The largest absolute Gasteiger partial charge is 0.482 e. The van der Waals surface area contributed by atoms with Crippen molar-refractivity contribution in [1.29, 1.82) is 0 Å². The second-order valence-electron chi connectivity index (χ2n) is 5.95. The van der Waals surface area contributed by atoms with E-state index in [1.807, 2.05) is 0 Å². The van der Waals surface area contributed by atoms with E-state index in [2.05, 4.69) is 15.5 Å². The molecule has 0 fully saturated rings. The number of anilines is 1. The average molecular weight is 363 g/mol. The Bertz CT molecular complexity index is 1050. The van der Waals surface area contributed by atoms with E-state index in [4.69, 9.17) is 4.74 Å². The molecule has 2 aromatic carbocycles. The first-order valence-corrected chi connectivity index (χ1v) is 8.18. The van der Waals surface area contributed by atoms with Crippen LogP contribution in [0.4, 0.5) is 10.1 Å². The van der Waals surface area contributed by atoms with E-state index in [9.17, 15) is 14.0 Å². The molecule has 0 spiro atoms. The van der Waals surface area contributed by atoms with E-state index >= 15 is 0 Å². The van der Waals surface area contributed by atoms with E-state index in [-0.39, 0.29) is 24.1 Å². The van der Waals surface area contributed by atoms with Crippen LogP contribution in [0.2, 0.25) is 0 Å². The molecule has 2 N–H and O–H groups in total. The molecule has 6 nitrogen and oxygen atoms in total. The lowest BCUT2D eigenvalue weighted by Crippen LogP contribution is -2.25. The maximum atomic E-state index is 13.1. The molecule has 1 aliphatic heterocycles. The van der Waals surface area contributed by atoms with Gasteiger partial charge in [-0.15, -0.1) is 0 Å². The Morgan fingerprint density at radius 2 is 2.00 bits per heavy atom. The molecule has 0 saturated heterocycles. The fraction of sp³-hybridized carbons (Fsp3) is 0.0500. The Kier molecular flexibility index (Phi) is 4.25. The van der Waals surface area contributed by atoms with E-state index in [0.717, 1.165) is 5.56 Å². The van der Waals surface area contributed by atoms with E-state index in [1.54, 1.807) is 42.6 Å². The van der Waals surface area contributed by atoms with Crippen molar-refractivity contribution in [3.63, 3.8) is 0 Å². The van der Waals surface area contributed by atoms with Gasteiger partial charge in [0.05, 0.1) is 17.6 Å². The van der Waals surface area contributed by atoms with Crippen molar-refractivity contribution in [3.05, 3.63) is 71.7 Å². The molecule has 7 heteroatoms. The summed E-state index contributed by atoms with van der Waals surface area (Å²) in [5, 5.41) is 9.52. The van der Waals surface area contributed by atoms with Crippen molar-refractivity contribution >= 4 is 23.5 Å². The van der Waals surface area contributed by atoms with Gasteiger partial charge in [-0.3, -0.25) is 14.7 Å². The van der Waals surface area contributed by atoms with Crippen LogP contribution in [-0.4, -0.2) is 28.5 Å². The van der Waals surface area contributed by atoms with E-state index < -0.39 is 0 Å². The minimum absolute atomic E-state index is 0.0349. The normalized spacial score (nSPS) is 13.1. The second-order valence-corrected chi connectivity index (χ2v) is 5.95. The average Bonchev–Trinajstić information content (AvgIpc) is 3.14. The molecule has 0 atom stereocenters. The zero-order valence-electron chi connectivity index (χ0n) is 14.0. The number of ketones is 1. The van der Waals surface area contributed by atoms with Crippen LogP contribution in [0.3, 0.4) is 0 Å². The summed E-state index contributed by atoms with van der Waals surface area (Å²) in [6, 6.07) is 10.9. The summed E-state index contributed by atoms with van der Waals surface area (Å²) in [5.41, 5.74) is 3.03. The molecule has 134 valence electrons. The molecule has 0 saturated carbocycles. The number of aromatic nitrogens is 2. The van der Waals surface area contributed by atoms with Gasteiger partial charge in [0.15, 0.2) is 12.4 Å². The van der Waals surface area contributed by atoms with Gasteiger partial charge in [-0.2, -0.15) is 5.10 Å². The third-order valence-corrected chi connectivity index (χ3v) is 4.11. The van der Waals surface area contributed by atoms with Gasteiger partial charge in [-0.05, 0) is 54.6 Å². The zero-order valence-corrected chi connectivity index (χ0v) is 14.0. The molecule has 0 aliphatic carbocycles. The van der Waals surface area contributed by atoms with Crippen LogP contribution in [0.1, 0.15) is 15.9 Å².